The van der Waals surface area contributed by atoms with Gasteiger partial charge in [0.1, 0.15) is 17.2 Å². The molecule has 0 amide bonds. The van der Waals surface area contributed by atoms with E-state index in [1.54, 1.807) is 12.3 Å². The van der Waals surface area contributed by atoms with E-state index in [-0.39, 0.29) is 11.8 Å². The van der Waals surface area contributed by atoms with Crippen molar-refractivity contribution < 1.29 is 9.84 Å². The predicted octanol–water partition coefficient (Wildman–Crippen LogP) is 4.99. The van der Waals surface area contributed by atoms with Crippen molar-refractivity contribution in [2.45, 2.75) is 25.6 Å². The zero-order chi connectivity index (χ0) is 19.3. The minimum absolute atomic E-state index is 0.0376. The lowest BCUT2D eigenvalue weighted by Gasteiger charge is -2.37. The highest BCUT2D eigenvalue weighted by molar-refractivity contribution is 6.30. The Morgan fingerprint density at radius 2 is 2.04 bits per heavy atom. The van der Waals surface area contributed by atoms with Crippen LogP contribution >= 0.6 is 11.6 Å². The van der Waals surface area contributed by atoms with Gasteiger partial charge in [-0.1, -0.05) is 29.3 Å². The fourth-order valence-electron chi connectivity index (χ4n) is 3.82. The van der Waals surface area contributed by atoms with Gasteiger partial charge >= 0.3 is 0 Å². The quantitative estimate of drug-likeness (QED) is 0.668. The first-order valence-corrected chi connectivity index (χ1v) is 9.51. The van der Waals surface area contributed by atoms with Gasteiger partial charge in [0, 0.05) is 28.8 Å². The lowest BCUT2D eigenvalue weighted by molar-refractivity contribution is -0.0218. The number of ether oxygens (including phenoxy) is 1. The molecule has 2 aromatic carbocycles. The number of hydrazone groups is 1. The Bertz CT molecular complexity index is 1080. The average Bonchev–Trinajstić information content (AvgIpc) is 3.15. The summed E-state index contributed by atoms with van der Waals surface area (Å²) in [6.07, 6.45) is 1.96. The second-order valence-electron chi connectivity index (χ2n) is 7.07. The summed E-state index contributed by atoms with van der Waals surface area (Å²) in [5.41, 5.74) is 4.42. The first-order chi connectivity index (χ1) is 13.6. The van der Waals surface area contributed by atoms with E-state index >= 15 is 0 Å². The molecule has 0 radical (unpaired) electrons. The normalized spacial score (nSPS) is 20.2. The fourth-order valence-corrected chi connectivity index (χ4v) is 4.00. The molecule has 0 aliphatic carbocycles. The van der Waals surface area contributed by atoms with E-state index in [1.807, 2.05) is 60.5 Å². The topological polar surface area (TPSA) is 58.0 Å². The average molecular weight is 392 g/mol. The molecule has 0 bridgehead atoms. The van der Waals surface area contributed by atoms with Crippen LogP contribution in [0.3, 0.4) is 0 Å². The van der Waals surface area contributed by atoms with Gasteiger partial charge in [-0.15, -0.1) is 0 Å². The molecule has 2 aliphatic heterocycles. The lowest BCUT2D eigenvalue weighted by Crippen LogP contribution is -2.34. The van der Waals surface area contributed by atoms with Gasteiger partial charge in [0.2, 0.25) is 6.23 Å². The number of pyridine rings is 1. The molecule has 3 heterocycles. The molecule has 2 atom stereocenters. The number of hydrogen-bond acceptors (Lipinski definition) is 5. The molecule has 3 aromatic rings. The number of aryl methyl sites for hydroxylation is 1. The Kier molecular flexibility index (Phi) is 3.98. The van der Waals surface area contributed by atoms with Crippen LogP contribution in [0, 0.1) is 6.92 Å². The maximum atomic E-state index is 10.4. The Labute approximate surface area is 167 Å². The number of benzene rings is 2. The molecule has 1 N–H and O–H groups in total. The molecule has 1 aromatic heterocycles. The SMILES string of the molecule is Cc1ccc(O)c(C2=NN3[C@@H](c4ccccn4)Oc4ccc(Cl)cc4[C@@H]3C2)c1. The van der Waals surface area contributed by atoms with Crippen molar-refractivity contribution in [2.24, 2.45) is 5.10 Å². The van der Waals surface area contributed by atoms with Crippen molar-refractivity contribution in [1.29, 1.82) is 0 Å². The van der Waals surface area contributed by atoms with Gasteiger partial charge in [-0.05, 0) is 49.4 Å². The second-order valence-corrected chi connectivity index (χ2v) is 7.51. The van der Waals surface area contributed by atoms with E-state index in [4.69, 9.17) is 21.4 Å². The van der Waals surface area contributed by atoms with Crippen molar-refractivity contribution in [1.82, 2.24) is 9.99 Å². The number of hydrogen-bond donors (Lipinski definition) is 1. The van der Waals surface area contributed by atoms with Gasteiger partial charge in [-0.25, -0.2) is 5.01 Å². The summed E-state index contributed by atoms with van der Waals surface area (Å²) in [5, 5.41) is 17.8. The van der Waals surface area contributed by atoms with Crippen molar-refractivity contribution in [3.8, 4) is 11.5 Å². The Morgan fingerprint density at radius 3 is 2.86 bits per heavy atom. The van der Waals surface area contributed by atoms with E-state index < -0.39 is 6.23 Å². The van der Waals surface area contributed by atoms with Gasteiger partial charge in [-0.3, -0.25) is 4.98 Å². The van der Waals surface area contributed by atoms with Gasteiger partial charge in [0.25, 0.3) is 0 Å². The fraction of sp³-hybridized carbons (Fsp3) is 0.182. The second kappa shape index (κ2) is 6.53. The van der Waals surface area contributed by atoms with E-state index in [9.17, 15) is 5.11 Å². The summed E-state index contributed by atoms with van der Waals surface area (Å²) in [5.74, 6) is 1.01. The first kappa shape index (κ1) is 17.1. The number of rotatable bonds is 2. The zero-order valence-electron chi connectivity index (χ0n) is 15.2. The summed E-state index contributed by atoms with van der Waals surface area (Å²) in [6.45, 7) is 2.00. The molecular formula is C22H18ClN3O2. The number of halogens is 1. The van der Waals surface area contributed by atoms with Gasteiger partial charge in [0.05, 0.1) is 11.8 Å². The molecule has 0 spiro atoms. The van der Waals surface area contributed by atoms with E-state index in [2.05, 4.69) is 4.98 Å². The highest BCUT2D eigenvalue weighted by atomic mass is 35.5. The maximum absolute atomic E-state index is 10.4. The first-order valence-electron chi connectivity index (χ1n) is 9.13. The van der Waals surface area contributed by atoms with Crippen molar-refractivity contribution in [3.63, 3.8) is 0 Å². The van der Waals surface area contributed by atoms with Crippen LogP contribution in [0.4, 0.5) is 0 Å². The molecule has 0 saturated heterocycles. The van der Waals surface area contributed by atoms with Crippen LogP contribution in [0.1, 0.15) is 41.1 Å². The molecule has 28 heavy (non-hydrogen) atoms. The van der Waals surface area contributed by atoms with E-state index in [0.29, 0.717) is 11.4 Å². The third kappa shape index (κ3) is 2.79. The molecular weight excluding hydrogens is 374 g/mol. The number of phenols is 1. The van der Waals surface area contributed by atoms with Crippen LogP contribution in [0.25, 0.3) is 0 Å². The molecule has 5 rings (SSSR count). The van der Waals surface area contributed by atoms with Crippen LogP contribution in [0.15, 0.2) is 65.9 Å². The number of nitrogens with zero attached hydrogens (tertiary/aromatic N) is 3. The third-order valence-electron chi connectivity index (χ3n) is 5.16. The van der Waals surface area contributed by atoms with E-state index in [1.165, 1.54) is 0 Å². The maximum Gasteiger partial charge on any atom is 0.230 e. The van der Waals surface area contributed by atoms with Crippen LogP contribution < -0.4 is 4.74 Å². The van der Waals surface area contributed by atoms with Crippen LogP contribution in [0.2, 0.25) is 5.02 Å². The molecule has 140 valence electrons. The van der Waals surface area contributed by atoms with Crippen LogP contribution in [-0.4, -0.2) is 20.8 Å². The highest BCUT2D eigenvalue weighted by Gasteiger charge is 2.42. The van der Waals surface area contributed by atoms with E-state index in [0.717, 1.165) is 33.8 Å². The molecule has 0 unspecified atom stereocenters. The minimum atomic E-state index is -0.440. The van der Waals surface area contributed by atoms with Gasteiger partial charge in [0.15, 0.2) is 0 Å². The lowest BCUT2D eigenvalue weighted by atomic mass is 9.95. The molecule has 0 fully saturated rings. The molecule has 6 heteroatoms. The standard InChI is InChI=1S/C22H18ClN3O2/c1-13-5-7-20(27)15(10-13)18-12-19-16-11-14(23)6-8-21(16)28-22(26(19)25-18)17-4-2-3-9-24-17/h2-11,19,22,27H,12H2,1H3/t19-,22+/m0/s1. The summed E-state index contributed by atoms with van der Waals surface area (Å²) in [6, 6.07) is 16.9. The van der Waals surface area contributed by atoms with Crippen molar-refractivity contribution in [2.75, 3.05) is 0 Å². The Morgan fingerprint density at radius 1 is 1.14 bits per heavy atom. The summed E-state index contributed by atoms with van der Waals surface area (Å²) < 4.78 is 6.26. The summed E-state index contributed by atoms with van der Waals surface area (Å²) in [7, 11) is 0. The predicted molar refractivity (Wildman–Crippen MR) is 108 cm³/mol. The summed E-state index contributed by atoms with van der Waals surface area (Å²) >= 11 is 6.26. The number of aromatic hydroxyl groups is 1. The third-order valence-corrected chi connectivity index (χ3v) is 5.39. The van der Waals surface area contributed by atoms with Gasteiger partial charge < -0.3 is 9.84 Å². The summed E-state index contributed by atoms with van der Waals surface area (Å²) in [4.78, 5) is 4.47. The zero-order valence-corrected chi connectivity index (χ0v) is 16.0. The molecule has 0 saturated carbocycles. The van der Waals surface area contributed by atoms with Crippen molar-refractivity contribution >= 4 is 17.3 Å². The Balaban J connectivity index is 1.63. The highest BCUT2D eigenvalue weighted by Crippen LogP contribution is 2.48. The number of phenolic OH excluding ortho intramolecular Hbond substituents is 1. The largest absolute Gasteiger partial charge is 0.507 e. The minimum Gasteiger partial charge on any atom is -0.507 e. The van der Waals surface area contributed by atoms with Crippen LogP contribution in [-0.2, 0) is 0 Å². The monoisotopic (exact) mass is 391 g/mol. The van der Waals surface area contributed by atoms with Gasteiger partial charge in [-0.2, -0.15) is 5.10 Å². The Hall–Kier alpha value is -3.05. The molecule has 2 aliphatic rings. The van der Waals surface area contributed by atoms with Crippen molar-refractivity contribution in [3.05, 3.63) is 88.2 Å². The molecule has 5 nitrogen and oxygen atoms in total. The smallest absolute Gasteiger partial charge is 0.230 e. The number of fused-ring (bicyclic) bond motifs is 3. The number of aromatic nitrogens is 1. The van der Waals surface area contributed by atoms with Crippen LogP contribution in [0.5, 0.6) is 11.5 Å².